The molecule has 0 aliphatic heterocycles. The summed E-state index contributed by atoms with van der Waals surface area (Å²) in [5.74, 6) is 1.78. The number of rotatable bonds is 8. The van der Waals surface area contributed by atoms with E-state index in [1.807, 2.05) is 30.3 Å². The second-order valence-corrected chi connectivity index (χ2v) is 8.63. The lowest BCUT2D eigenvalue weighted by molar-refractivity contribution is 0.0827. The lowest BCUT2D eigenvalue weighted by atomic mass is 9.78. The molecule has 1 amide bonds. The molecule has 32 heavy (non-hydrogen) atoms. The first-order valence-corrected chi connectivity index (χ1v) is 11.5. The van der Waals surface area contributed by atoms with E-state index in [0.717, 1.165) is 43.2 Å². The normalized spacial score (nSPS) is 15.3. The molecule has 0 radical (unpaired) electrons. The molecular formula is C26H36N4O2. The number of hydrogen-bond donors (Lipinski definition) is 2. The quantitative estimate of drug-likeness (QED) is 0.486. The number of amides is 1. The van der Waals surface area contributed by atoms with Crippen LogP contribution in [0.1, 0.15) is 54.1 Å². The number of nitrogens with one attached hydrogen (secondary N) is 2. The summed E-state index contributed by atoms with van der Waals surface area (Å²) in [7, 11) is 5.27. The number of aliphatic imine (C=N–C) groups is 1. The third-order valence-corrected chi connectivity index (χ3v) is 6.20. The van der Waals surface area contributed by atoms with E-state index in [1.54, 1.807) is 26.1 Å². The Balaban J connectivity index is 1.71. The van der Waals surface area contributed by atoms with Crippen molar-refractivity contribution < 1.29 is 9.53 Å². The predicted molar refractivity (Wildman–Crippen MR) is 130 cm³/mol. The molecule has 1 fully saturated rings. The Bertz CT molecular complexity index is 916. The first-order chi connectivity index (χ1) is 15.5. The third kappa shape index (κ3) is 5.61. The molecule has 1 aliphatic carbocycles. The van der Waals surface area contributed by atoms with E-state index in [9.17, 15) is 4.79 Å². The van der Waals surface area contributed by atoms with Crippen molar-refractivity contribution in [1.82, 2.24) is 15.5 Å². The van der Waals surface area contributed by atoms with E-state index in [-0.39, 0.29) is 11.3 Å². The van der Waals surface area contributed by atoms with E-state index in [0.29, 0.717) is 12.1 Å². The molecule has 2 N–H and O–H groups in total. The van der Waals surface area contributed by atoms with Gasteiger partial charge in [-0.25, -0.2) is 4.99 Å². The van der Waals surface area contributed by atoms with E-state index in [1.165, 1.54) is 18.4 Å². The number of methoxy groups -OCH3 is 1. The van der Waals surface area contributed by atoms with Gasteiger partial charge in [0.05, 0.1) is 13.7 Å². The van der Waals surface area contributed by atoms with Gasteiger partial charge >= 0.3 is 0 Å². The highest BCUT2D eigenvalue weighted by atomic mass is 16.5. The fraction of sp³-hybridized carbons (Fsp3) is 0.462. The van der Waals surface area contributed by atoms with Crippen LogP contribution in [0.5, 0.6) is 5.75 Å². The van der Waals surface area contributed by atoms with Crippen molar-refractivity contribution in [2.75, 3.05) is 34.3 Å². The Morgan fingerprint density at radius 2 is 1.75 bits per heavy atom. The number of carbonyl (C=O) groups excluding carboxylic acids is 1. The average molecular weight is 437 g/mol. The molecule has 1 saturated carbocycles. The van der Waals surface area contributed by atoms with Crippen molar-refractivity contribution in [1.29, 1.82) is 0 Å². The van der Waals surface area contributed by atoms with Gasteiger partial charge in [-0.05, 0) is 43.5 Å². The molecule has 0 spiro atoms. The number of benzene rings is 2. The van der Waals surface area contributed by atoms with Gasteiger partial charge in [0.2, 0.25) is 0 Å². The van der Waals surface area contributed by atoms with Crippen molar-refractivity contribution in [3.8, 4) is 5.75 Å². The first kappa shape index (κ1) is 23.6. The van der Waals surface area contributed by atoms with Crippen LogP contribution in [0.2, 0.25) is 0 Å². The lowest BCUT2D eigenvalue weighted by Gasteiger charge is -2.32. The van der Waals surface area contributed by atoms with E-state index in [4.69, 9.17) is 9.73 Å². The molecule has 0 atom stereocenters. The number of hydrogen-bond acceptors (Lipinski definition) is 3. The van der Waals surface area contributed by atoms with Crippen molar-refractivity contribution in [3.63, 3.8) is 0 Å². The van der Waals surface area contributed by atoms with E-state index in [2.05, 4.69) is 35.8 Å². The number of guanidine groups is 1. The summed E-state index contributed by atoms with van der Waals surface area (Å²) in [5, 5.41) is 6.96. The van der Waals surface area contributed by atoms with Crippen molar-refractivity contribution >= 4 is 11.9 Å². The van der Waals surface area contributed by atoms with Gasteiger partial charge in [0.25, 0.3) is 5.91 Å². The van der Waals surface area contributed by atoms with E-state index < -0.39 is 0 Å². The standard InChI is InChI=1S/C26H36N4O2/c1-5-27-25(28-18-20-12-14-21(15-13-20)24(31)30(2)3)29-19-26(16-8-9-17-26)22-10-6-7-11-23(22)32-4/h6-7,10-15H,5,8-9,16-19H2,1-4H3,(H2,27,28,29). The summed E-state index contributed by atoms with van der Waals surface area (Å²) >= 11 is 0. The van der Waals surface area contributed by atoms with Gasteiger partial charge in [0, 0.05) is 43.7 Å². The molecule has 0 saturated heterocycles. The van der Waals surface area contributed by atoms with Crippen LogP contribution in [-0.4, -0.2) is 51.1 Å². The maximum absolute atomic E-state index is 12.1. The molecule has 6 nitrogen and oxygen atoms in total. The fourth-order valence-corrected chi connectivity index (χ4v) is 4.45. The van der Waals surface area contributed by atoms with Gasteiger partial charge in [-0.3, -0.25) is 4.79 Å². The highest BCUT2D eigenvalue weighted by molar-refractivity contribution is 5.93. The van der Waals surface area contributed by atoms with Crippen LogP contribution < -0.4 is 15.4 Å². The van der Waals surface area contributed by atoms with Crippen molar-refractivity contribution in [3.05, 3.63) is 65.2 Å². The summed E-state index contributed by atoms with van der Waals surface area (Å²) in [6.45, 7) is 4.23. The minimum absolute atomic E-state index is 0.00765. The van der Waals surface area contributed by atoms with Crippen molar-refractivity contribution in [2.45, 2.75) is 44.6 Å². The Labute approximate surface area is 192 Å². The number of nitrogens with zero attached hydrogens (tertiary/aromatic N) is 2. The molecule has 3 rings (SSSR count). The summed E-state index contributed by atoms with van der Waals surface area (Å²) in [4.78, 5) is 18.5. The Morgan fingerprint density at radius 1 is 1.06 bits per heavy atom. The number of ether oxygens (including phenoxy) is 1. The minimum atomic E-state index is 0.00765. The summed E-state index contributed by atoms with van der Waals surface area (Å²) in [6.07, 6.45) is 4.74. The number of para-hydroxylation sites is 1. The van der Waals surface area contributed by atoms with Gasteiger partial charge in [0.15, 0.2) is 5.96 Å². The highest BCUT2D eigenvalue weighted by Gasteiger charge is 2.37. The molecular weight excluding hydrogens is 400 g/mol. The van der Waals surface area contributed by atoms with Crippen LogP contribution in [0.3, 0.4) is 0 Å². The summed E-state index contributed by atoms with van der Waals surface area (Å²) < 4.78 is 5.68. The smallest absolute Gasteiger partial charge is 0.253 e. The zero-order chi connectivity index (χ0) is 23.0. The molecule has 0 heterocycles. The summed E-state index contributed by atoms with van der Waals surface area (Å²) in [6, 6.07) is 16.1. The Hall–Kier alpha value is -3.02. The molecule has 2 aromatic rings. The van der Waals surface area contributed by atoms with Gasteiger partial charge in [-0.15, -0.1) is 0 Å². The third-order valence-electron chi connectivity index (χ3n) is 6.20. The lowest BCUT2D eigenvalue weighted by Crippen LogP contribution is -2.44. The molecule has 2 aromatic carbocycles. The van der Waals surface area contributed by atoms with Crippen LogP contribution in [0, 0.1) is 0 Å². The van der Waals surface area contributed by atoms with Crippen LogP contribution in [0.15, 0.2) is 53.5 Å². The average Bonchev–Trinajstić information content (AvgIpc) is 3.30. The Morgan fingerprint density at radius 3 is 2.38 bits per heavy atom. The molecule has 0 aromatic heterocycles. The molecule has 0 unspecified atom stereocenters. The number of carbonyl (C=O) groups is 1. The SMILES string of the molecule is CCNC(=NCc1ccc(C(=O)N(C)C)cc1)NCC1(c2ccccc2OC)CCCC1. The van der Waals surface area contributed by atoms with Gasteiger partial charge in [-0.1, -0.05) is 43.2 Å². The molecule has 1 aliphatic rings. The molecule has 6 heteroatoms. The first-order valence-electron chi connectivity index (χ1n) is 11.5. The highest BCUT2D eigenvalue weighted by Crippen LogP contribution is 2.44. The van der Waals surface area contributed by atoms with Crippen LogP contribution >= 0.6 is 0 Å². The monoisotopic (exact) mass is 436 g/mol. The fourth-order valence-electron chi connectivity index (χ4n) is 4.45. The Kier molecular flexibility index (Phi) is 8.14. The largest absolute Gasteiger partial charge is 0.496 e. The van der Waals surface area contributed by atoms with E-state index >= 15 is 0 Å². The van der Waals surface area contributed by atoms with Crippen LogP contribution in [-0.2, 0) is 12.0 Å². The van der Waals surface area contributed by atoms with Gasteiger partial charge in [0.1, 0.15) is 5.75 Å². The topological polar surface area (TPSA) is 66.0 Å². The predicted octanol–water partition coefficient (Wildman–Crippen LogP) is 3.96. The second-order valence-electron chi connectivity index (χ2n) is 8.63. The van der Waals surface area contributed by atoms with Crippen LogP contribution in [0.4, 0.5) is 0 Å². The maximum atomic E-state index is 12.1. The zero-order valence-electron chi connectivity index (χ0n) is 19.8. The maximum Gasteiger partial charge on any atom is 0.253 e. The second kappa shape index (κ2) is 11.0. The van der Waals surface area contributed by atoms with Crippen molar-refractivity contribution in [2.24, 2.45) is 4.99 Å². The minimum Gasteiger partial charge on any atom is -0.496 e. The van der Waals surface area contributed by atoms with Gasteiger partial charge in [-0.2, -0.15) is 0 Å². The summed E-state index contributed by atoms with van der Waals surface area (Å²) in [5.41, 5.74) is 3.09. The zero-order valence-corrected chi connectivity index (χ0v) is 19.8. The molecule has 0 bridgehead atoms. The molecule has 172 valence electrons. The van der Waals surface area contributed by atoms with Gasteiger partial charge < -0.3 is 20.3 Å². The van der Waals surface area contributed by atoms with Crippen LogP contribution in [0.25, 0.3) is 0 Å².